The maximum atomic E-state index is 12.6. The predicted octanol–water partition coefficient (Wildman–Crippen LogP) is 24.9. The van der Waals surface area contributed by atoms with Gasteiger partial charge in [-0.3, -0.25) is 9.59 Å². The van der Waals surface area contributed by atoms with E-state index in [9.17, 15) is 19.8 Å². The molecule has 6 heteroatoms. The minimum Gasteiger partial charge on any atom is -0.466 e. The van der Waals surface area contributed by atoms with Crippen LogP contribution in [0.3, 0.4) is 0 Å². The number of esters is 1. The van der Waals surface area contributed by atoms with Gasteiger partial charge in [-0.2, -0.15) is 0 Å². The van der Waals surface area contributed by atoms with Crippen molar-refractivity contribution < 1.29 is 24.5 Å². The van der Waals surface area contributed by atoms with Crippen LogP contribution < -0.4 is 5.32 Å². The Bertz CT molecular complexity index is 1200. The lowest BCUT2D eigenvalue weighted by atomic mass is 10.0. The topological polar surface area (TPSA) is 95.9 Å². The third kappa shape index (κ3) is 68.0. The van der Waals surface area contributed by atoms with Crippen molar-refractivity contribution in [2.45, 2.75) is 463 Å². The predicted molar refractivity (Wildman–Crippen MR) is 361 cm³/mol. The molecule has 3 N–H and O–H groups in total. The number of hydrogen-bond acceptors (Lipinski definition) is 5. The minimum absolute atomic E-state index is 0.0212. The number of nitrogens with one attached hydrogen (secondary N) is 1. The van der Waals surface area contributed by atoms with Crippen LogP contribution in [-0.2, 0) is 14.3 Å². The van der Waals surface area contributed by atoms with Gasteiger partial charge in [0.25, 0.3) is 0 Å². The van der Waals surface area contributed by atoms with Crippen molar-refractivity contribution in [2.75, 3.05) is 13.2 Å². The first-order chi connectivity index (χ1) is 40.5. The van der Waals surface area contributed by atoms with E-state index in [-0.39, 0.29) is 18.5 Å². The van der Waals surface area contributed by atoms with E-state index in [1.807, 2.05) is 0 Å². The Labute approximate surface area is 515 Å². The van der Waals surface area contributed by atoms with Gasteiger partial charge >= 0.3 is 5.97 Å². The normalized spacial score (nSPS) is 12.4. The van der Waals surface area contributed by atoms with Crippen LogP contribution in [0.1, 0.15) is 450 Å². The van der Waals surface area contributed by atoms with Crippen molar-refractivity contribution in [3.8, 4) is 0 Å². The summed E-state index contributed by atoms with van der Waals surface area (Å²) in [5.74, 6) is -0.00611. The lowest BCUT2D eigenvalue weighted by Crippen LogP contribution is -2.45. The zero-order valence-electron chi connectivity index (χ0n) is 56.3. The molecule has 0 saturated carbocycles. The molecule has 0 aromatic heterocycles. The number of ether oxygens (including phenoxy) is 1. The van der Waals surface area contributed by atoms with Gasteiger partial charge in [-0.05, 0) is 25.7 Å². The highest BCUT2D eigenvalue weighted by molar-refractivity contribution is 5.76. The van der Waals surface area contributed by atoms with Gasteiger partial charge in [0.05, 0.1) is 25.4 Å². The Hall–Kier alpha value is -1.14. The molecule has 0 heterocycles. The Morgan fingerprint density at radius 3 is 0.744 bits per heavy atom. The van der Waals surface area contributed by atoms with Crippen molar-refractivity contribution in [1.82, 2.24) is 5.32 Å². The largest absolute Gasteiger partial charge is 0.466 e. The molecule has 0 aliphatic carbocycles. The van der Waals surface area contributed by atoms with Gasteiger partial charge in [0.1, 0.15) is 0 Å². The highest BCUT2D eigenvalue weighted by Gasteiger charge is 2.20. The standard InChI is InChI=1S/C76H151NO5/c1-3-5-7-9-11-13-15-17-19-21-22-23-24-27-30-33-37-40-44-48-52-56-60-64-68-74(79)73(72-78)77-75(80)69-65-61-57-53-49-45-41-38-34-31-28-25-26-29-32-35-39-43-47-51-55-59-63-67-71-82-76(81)70-66-62-58-54-50-46-42-36-20-18-16-14-12-10-8-6-4-2/h73-74,78-79H,3-72H2,1-2H3,(H,77,80). The van der Waals surface area contributed by atoms with E-state index < -0.39 is 12.1 Å². The van der Waals surface area contributed by atoms with Crippen LogP contribution >= 0.6 is 0 Å². The van der Waals surface area contributed by atoms with Gasteiger partial charge in [-0.25, -0.2) is 0 Å². The SMILES string of the molecule is CCCCCCCCCCCCCCCCCCCCCCCCCCC(O)C(CO)NC(=O)CCCCCCCCCCCCCCCCCCCCCCCCCCOC(=O)CCCCCCCCCCCCCCCCCCC. The summed E-state index contributed by atoms with van der Waals surface area (Å²) in [5.41, 5.74) is 0. The molecule has 2 unspecified atom stereocenters. The van der Waals surface area contributed by atoms with E-state index in [1.54, 1.807) is 0 Å². The molecule has 6 nitrogen and oxygen atoms in total. The summed E-state index contributed by atoms with van der Waals surface area (Å²) in [6.07, 6.45) is 88.9. The van der Waals surface area contributed by atoms with Crippen LogP contribution in [0.15, 0.2) is 0 Å². The zero-order valence-corrected chi connectivity index (χ0v) is 56.3. The summed E-state index contributed by atoms with van der Waals surface area (Å²) in [4.78, 5) is 24.7. The van der Waals surface area contributed by atoms with Crippen LogP contribution in [0.4, 0.5) is 0 Å². The average Bonchev–Trinajstić information content (AvgIpc) is 3.48. The van der Waals surface area contributed by atoms with E-state index in [2.05, 4.69) is 19.2 Å². The zero-order chi connectivity index (χ0) is 59.2. The van der Waals surface area contributed by atoms with Gasteiger partial charge in [-0.15, -0.1) is 0 Å². The molecular weight excluding hydrogens is 1010 g/mol. The highest BCUT2D eigenvalue weighted by Crippen LogP contribution is 2.20. The quantitative estimate of drug-likeness (QED) is 0.0417. The second-order valence-electron chi connectivity index (χ2n) is 26.7. The van der Waals surface area contributed by atoms with Gasteiger partial charge in [-0.1, -0.05) is 412 Å². The molecule has 0 bridgehead atoms. The third-order valence-corrected chi connectivity index (χ3v) is 18.4. The maximum Gasteiger partial charge on any atom is 0.305 e. The lowest BCUT2D eigenvalue weighted by molar-refractivity contribution is -0.143. The first-order valence-corrected chi connectivity index (χ1v) is 38.3. The Kier molecular flexibility index (Phi) is 71.3. The lowest BCUT2D eigenvalue weighted by Gasteiger charge is -2.22. The molecular formula is C76H151NO5. The van der Waals surface area contributed by atoms with Gasteiger partial charge < -0.3 is 20.3 Å². The number of amides is 1. The molecule has 0 saturated heterocycles. The van der Waals surface area contributed by atoms with E-state index >= 15 is 0 Å². The van der Waals surface area contributed by atoms with Gasteiger partial charge in [0.2, 0.25) is 5.91 Å². The molecule has 0 aliphatic rings. The first kappa shape index (κ1) is 80.9. The van der Waals surface area contributed by atoms with Crippen molar-refractivity contribution in [3.05, 3.63) is 0 Å². The molecule has 0 radical (unpaired) electrons. The van der Waals surface area contributed by atoms with Crippen LogP contribution in [-0.4, -0.2) is 47.4 Å². The van der Waals surface area contributed by atoms with E-state index in [4.69, 9.17) is 4.74 Å². The molecule has 0 spiro atoms. The number of rotatable bonds is 73. The van der Waals surface area contributed by atoms with Gasteiger partial charge in [0.15, 0.2) is 0 Å². The summed E-state index contributed by atoms with van der Waals surface area (Å²) in [6.45, 7) is 5.02. The number of carbonyl (C=O) groups is 2. The summed E-state index contributed by atoms with van der Waals surface area (Å²) in [6, 6.07) is -0.541. The summed E-state index contributed by atoms with van der Waals surface area (Å²) in [5, 5.41) is 23.5. The molecule has 0 rings (SSSR count). The van der Waals surface area contributed by atoms with Crippen molar-refractivity contribution in [2.24, 2.45) is 0 Å². The number of aliphatic hydroxyl groups excluding tert-OH is 2. The van der Waals surface area contributed by atoms with E-state index in [0.29, 0.717) is 25.9 Å². The van der Waals surface area contributed by atoms with Crippen molar-refractivity contribution in [1.29, 1.82) is 0 Å². The molecule has 1 amide bonds. The fraction of sp³-hybridized carbons (Fsp3) is 0.974. The molecule has 82 heavy (non-hydrogen) atoms. The molecule has 0 aliphatic heterocycles. The Morgan fingerprint density at radius 1 is 0.293 bits per heavy atom. The fourth-order valence-corrected chi connectivity index (χ4v) is 12.6. The van der Waals surface area contributed by atoms with E-state index in [1.165, 1.54) is 379 Å². The van der Waals surface area contributed by atoms with Crippen LogP contribution in [0.5, 0.6) is 0 Å². The second-order valence-corrected chi connectivity index (χ2v) is 26.7. The van der Waals surface area contributed by atoms with E-state index in [0.717, 1.165) is 38.5 Å². The van der Waals surface area contributed by atoms with Crippen molar-refractivity contribution >= 4 is 11.9 Å². The number of carbonyl (C=O) groups excluding carboxylic acids is 2. The average molecular weight is 1160 g/mol. The number of aliphatic hydroxyl groups is 2. The van der Waals surface area contributed by atoms with Crippen LogP contribution in [0.2, 0.25) is 0 Å². The monoisotopic (exact) mass is 1160 g/mol. The molecule has 0 aromatic rings. The fourth-order valence-electron chi connectivity index (χ4n) is 12.6. The minimum atomic E-state index is -0.664. The summed E-state index contributed by atoms with van der Waals surface area (Å²) >= 11 is 0. The molecule has 0 fully saturated rings. The maximum absolute atomic E-state index is 12.6. The second kappa shape index (κ2) is 72.3. The molecule has 490 valence electrons. The Balaban J connectivity index is 3.35. The highest BCUT2D eigenvalue weighted by atomic mass is 16.5. The Morgan fingerprint density at radius 2 is 0.500 bits per heavy atom. The van der Waals surface area contributed by atoms with Crippen LogP contribution in [0, 0.1) is 0 Å². The summed E-state index contributed by atoms with van der Waals surface area (Å²) < 4.78 is 5.51. The summed E-state index contributed by atoms with van der Waals surface area (Å²) in [7, 11) is 0. The molecule has 2 atom stereocenters. The van der Waals surface area contributed by atoms with Crippen molar-refractivity contribution in [3.63, 3.8) is 0 Å². The first-order valence-electron chi connectivity index (χ1n) is 38.3. The number of unbranched alkanes of at least 4 members (excludes halogenated alkanes) is 62. The smallest absolute Gasteiger partial charge is 0.305 e. The third-order valence-electron chi connectivity index (χ3n) is 18.4. The van der Waals surface area contributed by atoms with Crippen LogP contribution in [0.25, 0.3) is 0 Å². The molecule has 0 aromatic carbocycles. The number of hydrogen-bond donors (Lipinski definition) is 3. The van der Waals surface area contributed by atoms with Gasteiger partial charge in [0, 0.05) is 12.8 Å².